The van der Waals surface area contributed by atoms with Crippen LogP contribution in [0, 0.1) is 31.1 Å². The molecule has 1 amide bonds. The van der Waals surface area contributed by atoms with E-state index in [1.165, 1.54) is 68.9 Å². The lowest BCUT2D eigenvalue weighted by Gasteiger charge is -2.51. The number of fused-ring (bicyclic) bond motifs is 1. The summed E-state index contributed by atoms with van der Waals surface area (Å²) in [4.78, 5) is 30.2. The average Bonchev–Trinajstić information content (AvgIpc) is 3.44. The number of benzene rings is 1. The highest BCUT2D eigenvalue weighted by molar-refractivity contribution is 5.80. The molecule has 2 aliphatic carbocycles. The minimum absolute atomic E-state index is 0.0948. The van der Waals surface area contributed by atoms with Crippen LogP contribution in [0.15, 0.2) is 35.1 Å². The number of pyridine rings is 1. The maximum absolute atomic E-state index is 14.4. The number of amides is 1. The maximum Gasteiger partial charge on any atom is 0.253 e. The Morgan fingerprint density at radius 1 is 1.00 bits per heavy atom. The van der Waals surface area contributed by atoms with E-state index in [2.05, 4.69) is 50.7 Å². The number of hydrogen-bond acceptors (Lipinski definition) is 6. The van der Waals surface area contributed by atoms with Gasteiger partial charge in [0.1, 0.15) is 0 Å². The number of hydrogen-bond donors (Lipinski definition) is 6. The first-order chi connectivity index (χ1) is 20.9. The van der Waals surface area contributed by atoms with Crippen LogP contribution in [0.1, 0.15) is 104 Å². The molecule has 0 radical (unpaired) electrons. The maximum atomic E-state index is 14.4. The van der Waals surface area contributed by atoms with Gasteiger partial charge in [-0.1, -0.05) is 69.2 Å². The Hall–Kier alpha value is -2.52. The molecule has 0 spiro atoms. The lowest BCUT2D eigenvalue weighted by atomic mass is 9.53. The third-order valence-corrected chi connectivity index (χ3v) is 10.7. The van der Waals surface area contributed by atoms with E-state index >= 15 is 0 Å². The van der Waals surface area contributed by atoms with Crippen LogP contribution >= 0.6 is 0 Å². The van der Waals surface area contributed by atoms with Crippen LogP contribution < -0.4 is 32.8 Å². The monoisotopic (exact) mass is 590 g/mol. The number of nitrogens with two attached hydrogens (primary N) is 1. The van der Waals surface area contributed by atoms with E-state index < -0.39 is 0 Å². The van der Waals surface area contributed by atoms with Crippen molar-refractivity contribution >= 4 is 5.91 Å². The van der Waals surface area contributed by atoms with Crippen LogP contribution in [0.3, 0.4) is 0 Å². The zero-order chi connectivity index (χ0) is 30.2. The molecular formula is C35H54N6O2. The number of H-pyrrole nitrogens is 1. The molecule has 4 unspecified atom stereocenters. The summed E-state index contributed by atoms with van der Waals surface area (Å²) in [5.74, 6) is 0.721. The lowest BCUT2D eigenvalue weighted by Crippen LogP contribution is -2.57. The van der Waals surface area contributed by atoms with E-state index in [4.69, 9.17) is 5.73 Å². The van der Waals surface area contributed by atoms with Crippen molar-refractivity contribution in [2.75, 3.05) is 19.6 Å². The number of nitrogens with one attached hydrogen (secondary N) is 5. The van der Waals surface area contributed by atoms with E-state index in [9.17, 15) is 9.59 Å². The van der Waals surface area contributed by atoms with Crippen molar-refractivity contribution in [3.8, 4) is 0 Å². The van der Waals surface area contributed by atoms with Gasteiger partial charge in [-0.05, 0) is 74.1 Å². The molecule has 2 aromatic rings. The summed E-state index contributed by atoms with van der Waals surface area (Å²) in [6.07, 6.45) is 13.3. The molecule has 4 atom stereocenters. The molecular weight excluding hydrogens is 536 g/mol. The fourth-order valence-electron chi connectivity index (χ4n) is 8.49. The largest absolute Gasteiger partial charge is 0.352 e. The van der Waals surface area contributed by atoms with Crippen LogP contribution in [0.4, 0.5) is 0 Å². The van der Waals surface area contributed by atoms with Gasteiger partial charge in [0.05, 0.1) is 0 Å². The molecule has 236 valence electrons. The highest BCUT2D eigenvalue weighted by Crippen LogP contribution is 2.55. The SMILES string of the molecule is Cc1cc(C)c(CNC(=O)C2CC(c3cccc(CNCCN)c3)CC3NNCC32C2CCCCCCCCC2)c(=O)[nH]1. The molecule has 1 aromatic carbocycles. The first-order valence-electron chi connectivity index (χ1n) is 16.9. The first kappa shape index (κ1) is 31.9. The molecule has 1 aromatic heterocycles. The highest BCUT2D eigenvalue weighted by atomic mass is 16.2. The Balaban J connectivity index is 1.44. The zero-order valence-electron chi connectivity index (χ0n) is 26.4. The predicted octanol–water partition coefficient (Wildman–Crippen LogP) is 4.45. The van der Waals surface area contributed by atoms with Gasteiger partial charge in [-0.25, -0.2) is 0 Å². The third-order valence-electron chi connectivity index (χ3n) is 10.7. The summed E-state index contributed by atoms with van der Waals surface area (Å²) in [5, 5.41) is 6.70. The van der Waals surface area contributed by atoms with Gasteiger partial charge in [0.2, 0.25) is 5.91 Å². The number of aryl methyl sites for hydroxylation is 2. The predicted molar refractivity (Wildman–Crippen MR) is 173 cm³/mol. The molecule has 2 heterocycles. The molecule has 2 saturated carbocycles. The van der Waals surface area contributed by atoms with Gasteiger partial charge in [-0.3, -0.25) is 20.4 Å². The molecule has 8 nitrogen and oxygen atoms in total. The van der Waals surface area contributed by atoms with Crippen molar-refractivity contribution in [1.29, 1.82) is 0 Å². The fourth-order valence-corrected chi connectivity index (χ4v) is 8.49. The number of carbonyl (C=O) groups excluding carboxylic acids is 1. The topological polar surface area (TPSA) is 124 Å². The quantitative estimate of drug-likeness (QED) is 0.240. The van der Waals surface area contributed by atoms with E-state index in [-0.39, 0.29) is 41.3 Å². The molecule has 3 aliphatic rings. The van der Waals surface area contributed by atoms with Crippen LogP contribution in [-0.2, 0) is 17.9 Å². The van der Waals surface area contributed by atoms with Gasteiger partial charge >= 0.3 is 0 Å². The van der Waals surface area contributed by atoms with Gasteiger partial charge in [0.25, 0.3) is 5.56 Å². The van der Waals surface area contributed by atoms with Gasteiger partial charge in [-0.15, -0.1) is 0 Å². The van der Waals surface area contributed by atoms with Crippen LogP contribution in [0.25, 0.3) is 0 Å². The Bertz CT molecular complexity index is 1270. The van der Waals surface area contributed by atoms with Crippen molar-refractivity contribution in [1.82, 2.24) is 26.5 Å². The number of carbonyl (C=O) groups is 1. The standard InChI is InChI=1S/C35H54N6O2/c1-24-17-25(2)40-33(42)30(24)22-38-34(43)31-19-28(27-12-10-11-26(18-27)21-37-16-15-36)20-32-35(31,23-39-41-32)29-13-8-6-4-3-5-7-9-14-29/h10-12,17-18,28-29,31-32,37,39,41H,3-9,13-16,19-23,36H2,1-2H3,(H,38,43)(H,40,42). The number of aromatic amines is 1. The molecule has 43 heavy (non-hydrogen) atoms. The summed E-state index contributed by atoms with van der Waals surface area (Å²) in [5.41, 5.74) is 17.7. The Labute approximate surface area is 257 Å². The smallest absolute Gasteiger partial charge is 0.253 e. The minimum atomic E-state index is -0.144. The Morgan fingerprint density at radius 2 is 1.74 bits per heavy atom. The van der Waals surface area contributed by atoms with Crippen molar-refractivity contribution in [3.63, 3.8) is 0 Å². The summed E-state index contributed by atoms with van der Waals surface area (Å²) < 4.78 is 0. The van der Waals surface area contributed by atoms with Crippen molar-refractivity contribution in [2.24, 2.45) is 23.0 Å². The molecule has 1 saturated heterocycles. The normalized spacial score (nSPS) is 27.0. The molecule has 0 bridgehead atoms. The van der Waals surface area contributed by atoms with E-state index in [1.807, 2.05) is 19.9 Å². The van der Waals surface area contributed by atoms with Gasteiger partial charge < -0.3 is 21.4 Å². The summed E-state index contributed by atoms with van der Waals surface area (Å²) in [6, 6.07) is 11.1. The van der Waals surface area contributed by atoms with E-state index in [1.54, 1.807) is 0 Å². The second-order valence-corrected chi connectivity index (χ2v) is 13.5. The van der Waals surface area contributed by atoms with Gasteiger partial charge in [0.15, 0.2) is 0 Å². The number of hydrazine groups is 1. The number of aromatic nitrogens is 1. The minimum Gasteiger partial charge on any atom is -0.352 e. The van der Waals surface area contributed by atoms with Crippen LogP contribution in [-0.4, -0.2) is 36.6 Å². The van der Waals surface area contributed by atoms with Crippen LogP contribution in [0.2, 0.25) is 0 Å². The third kappa shape index (κ3) is 7.42. The molecule has 8 heteroatoms. The van der Waals surface area contributed by atoms with Crippen LogP contribution in [0.5, 0.6) is 0 Å². The summed E-state index contributed by atoms with van der Waals surface area (Å²) in [6.45, 7) is 7.14. The first-order valence-corrected chi connectivity index (χ1v) is 16.9. The van der Waals surface area contributed by atoms with E-state index in [0.29, 0.717) is 18.0 Å². The Morgan fingerprint density at radius 3 is 2.47 bits per heavy atom. The van der Waals surface area contributed by atoms with Gasteiger partial charge in [-0.2, -0.15) is 0 Å². The molecule has 3 fully saturated rings. The fraction of sp³-hybridized carbons (Fsp3) is 0.657. The lowest BCUT2D eigenvalue weighted by molar-refractivity contribution is -0.135. The van der Waals surface area contributed by atoms with Crippen molar-refractivity contribution in [3.05, 3.63) is 68.6 Å². The summed E-state index contributed by atoms with van der Waals surface area (Å²) in [7, 11) is 0. The van der Waals surface area contributed by atoms with Crippen molar-refractivity contribution < 1.29 is 4.79 Å². The molecule has 7 N–H and O–H groups in total. The summed E-state index contributed by atoms with van der Waals surface area (Å²) >= 11 is 0. The molecule has 1 aliphatic heterocycles. The Kier molecular flexibility index (Phi) is 11.1. The zero-order valence-corrected chi connectivity index (χ0v) is 26.4. The number of rotatable bonds is 9. The second kappa shape index (κ2) is 15.0. The van der Waals surface area contributed by atoms with Gasteiger partial charge in [0, 0.05) is 61.4 Å². The highest BCUT2D eigenvalue weighted by Gasteiger charge is 2.58. The average molecular weight is 591 g/mol. The second-order valence-electron chi connectivity index (χ2n) is 13.5. The van der Waals surface area contributed by atoms with E-state index in [0.717, 1.165) is 43.7 Å². The molecule has 5 rings (SSSR count). The van der Waals surface area contributed by atoms with Crippen molar-refractivity contribution in [2.45, 2.75) is 110 Å².